The predicted octanol–water partition coefficient (Wildman–Crippen LogP) is 2.86. The van der Waals surface area contributed by atoms with E-state index in [0.29, 0.717) is 0 Å². The topological polar surface area (TPSA) is 37.9 Å². The summed E-state index contributed by atoms with van der Waals surface area (Å²) < 4.78 is 5.46. The molecule has 4 heteroatoms. The van der Waals surface area contributed by atoms with E-state index in [1.807, 2.05) is 30.3 Å². The molecular weight excluding hydrogens is 212 g/mol. The lowest BCUT2D eigenvalue weighted by Gasteiger charge is -2.03. The third-order valence-electron chi connectivity index (χ3n) is 2.27. The first-order valence-corrected chi connectivity index (χ1v) is 4.41. The van der Waals surface area contributed by atoms with Crippen molar-refractivity contribution in [2.24, 2.45) is 0 Å². The second-order valence-electron chi connectivity index (χ2n) is 3.12. The fourth-order valence-corrected chi connectivity index (χ4v) is 1.59. The number of nitrogens with zero attached hydrogens (tertiary/aromatic N) is 1. The van der Waals surface area contributed by atoms with Crippen LogP contribution in [0.2, 0.25) is 0 Å². The van der Waals surface area contributed by atoms with Crippen molar-refractivity contribution in [2.45, 2.75) is 0 Å². The zero-order valence-corrected chi connectivity index (χ0v) is 8.62. The van der Waals surface area contributed by atoms with E-state index in [-0.39, 0.29) is 12.4 Å². The average molecular weight is 221 g/mol. The fourth-order valence-electron chi connectivity index (χ4n) is 1.59. The standard InChI is InChI=1S/C11H8N2O.ClH/c1-2-4-10-9(3-1)11-8(5-6-14-10)7-12-13-11;/h1-7H,(H,12,13);1H. The molecule has 0 radical (unpaired) electrons. The number of halogens is 1. The molecule has 0 saturated carbocycles. The molecule has 0 bridgehead atoms. The average Bonchev–Trinajstić information content (AvgIpc) is 2.61. The van der Waals surface area contributed by atoms with Crippen molar-refractivity contribution >= 4 is 18.5 Å². The normalized spacial score (nSPS) is 11.7. The number of H-pyrrole nitrogens is 1. The lowest BCUT2D eigenvalue weighted by atomic mass is 10.1. The largest absolute Gasteiger partial charge is 0.464 e. The van der Waals surface area contributed by atoms with Crippen molar-refractivity contribution in [2.75, 3.05) is 0 Å². The van der Waals surface area contributed by atoms with Crippen molar-refractivity contribution in [1.29, 1.82) is 0 Å². The van der Waals surface area contributed by atoms with Crippen LogP contribution in [0, 0.1) is 0 Å². The van der Waals surface area contributed by atoms with Gasteiger partial charge in [0.25, 0.3) is 0 Å². The van der Waals surface area contributed by atoms with Gasteiger partial charge in [0.05, 0.1) is 18.2 Å². The van der Waals surface area contributed by atoms with Crippen molar-refractivity contribution in [1.82, 2.24) is 10.2 Å². The molecule has 0 unspecified atom stereocenters. The Labute approximate surface area is 93.2 Å². The molecule has 0 saturated heterocycles. The van der Waals surface area contributed by atoms with E-state index in [0.717, 1.165) is 22.6 Å². The van der Waals surface area contributed by atoms with Gasteiger partial charge in [-0.2, -0.15) is 5.10 Å². The molecule has 15 heavy (non-hydrogen) atoms. The summed E-state index contributed by atoms with van der Waals surface area (Å²) in [6.45, 7) is 0. The second kappa shape index (κ2) is 3.79. The lowest BCUT2D eigenvalue weighted by Crippen LogP contribution is -1.84. The summed E-state index contributed by atoms with van der Waals surface area (Å²) in [5, 5.41) is 6.99. The van der Waals surface area contributed by atoms with Crippen LogP contribution >= 0.6 is 12.4 Å². The first-order chi connectivity index (χ1) is 6.95. The van der Waals surface area contributed by atoms with Crippen LogP contribution in [-0.4, -0.2) is 10.2 Å². The first-order valence-electron chi connectivity index (χ1n) is 4.41. The number of hydrogen-bond donors (Lipinski definition) is 1. The second-order valence-corrected chi connectivity index (χ2v) is 3.12. The van der Waals surface area contributed by atoms with E-state index in [1.165, 1.54) is 0 Å². The molecule has 0 spiro atoms. The van der Waals surface area contributed by atoms with Crippen molar-refractivity contribution in [3.63, 3.8) is 0 Å². The van der Waals surface area contributed by atoms with Gasteiger partial charge in [-0.15, -0.1) is 12.4 Å². The number of ether oxygens (including phenoxy) is 1. The molecule has 0 fully saturated rings. The zero-order valence-electron chi connectivity index (χ0n) is 7.81. The molecule has 3 nitrogen and oxygen atoms in total. The number of benzene rings is 1. The summed E-state index contributed by atoms with van der Waals surface area (Å²) >= 11 is 0. The van der Waals surface area contributed by atoms with Gasteiger partial charge in [-0.3, -0.25) is 5.10 Å². The molecule has 76 valence electrons. The van der Waals surface area contributed by atoms with Gasteiger partial charge < -0.3 is 4.74 Å². The Morgan fingerprint density at radius 2 is 2.07 bits per heavy atom. The van der Waals surface area contributed by atoms with Crippen molar-refractivity contribution in [3.8, 4) is 17.0 Å². The Kier molecular flexibility index (Phi) is 2.47. The van der Waals surface area contributed by atoms with Gasteiger partial charge in [-0.25, -0.2) is 0 Å². The molecule has 2 aromatic rings. The van der Waals surface area contributed by atoms with E-state index in [1.54, 1.807) is 12.5 Å². The van der Waals surface area contributed by atoms with Gasteiger partial charge in [0.1, 0.15) is 5.75 Å². The summed E-state index contributed by atoms with van der Waals surface area (Å²) in [5.74, 6) is 0.853. The highest BCUT2D eigenvalue weighted by Crippen LogP contribution is 2.33. The molecular formula is C11H9ClN2O. The third-order valence-corrected chi connectivity index (χ3v) is 2.27. The lowest BCUT2D eigenvalue weighted by molar-refractivity contribution is 0.488. The highest BCUT2D eigenvalue weighted by Gasteiger charge is 2.12. The summed E-state index contributed by atoms with van der Waals surface area (Å²) in [7, 11) is 0. The molecule has 1 aromatic carbocycles. The number of para-hydroxylation sites is 1. The van der Waals surface area contributed by atoms with Crippen LogP contribution in [0.25, 0.3) is 17.3 Å². The minimum absolute atomic E-state index is 0. The van der Waals surface area contributed by atoms with Crippen molar-refractivity contribution < 1.29 is 4.74 Å². The maximum absolute atomic E-state index is 5.46. The summed E-state index contributed by atoms with van der Waals surface area (Å²) in [6, 6.07) is 7.89. The predicted molar refractivity (Wildman–Crippen MR) is 60.9 cm³/mol. The minimum atomic E-state index is 0. The van der Waals surface area contributed by atoms with Crippen LogP contribution < -0.4 is 4.74 Å². The first kappa shape index (κ1) is 9.80. The molecule has 1 aliphatic rings. The van der Waals surface area contributed by atoms with E-state index in [4.69, 9.17) is 4.74 Å². The monoisotopic (exact) mass is 220 g/mol. The Balaban J connectivity index is 0.000000853. The Morgan fingerprint density at radius 1 is 1.20 bits per heavy atom. The van der Waals surface area contributed by atoms with Crippen molar-refractivity contribution in [3.05, 3.63) is 42.3 Å². The van der Waals surface area contributed by atoms with E-state index >= 15 is 0 Å². The Bertz CT molecular complexity index is 505. The fraction of sp³-hybridized carbons (Fsp3) is 0. The van der Waals surface area contributed by atoms with Gasteiger partial charge >= 0.3 is 0 Å². The number of hydrogen-bond acceptors (Lipinski definition) is 2. The SMILES string of the molecule is C1=Cc2cn[nH]c2-c2ccccc2O1.Cl. The van der Waals surface area contributed by atoms with E-state index in [9.17, 15) is 0 Å². The van der Waals surface area contributed by atoms with Gasteiger partial charge in [0.2, 0.25) is 0 Å². The molecule has 0 atom stereocenters. The van der Waals surface area contributed by atoms with Crippen LogP contribution in [0.1, 0.15) is 5.56 Å². The number of aromatic amines is 1. The van der Waals surface area contributed by atoms with Crippen LogP contribution in [0.3, 0.4) is 0 Å². The number of rotatable bonds is 0. The zero-order chi connectivity index (χ0) is 9.38. The Morgan fingerprint density at radius 3 is 3.00 bits per heavy atom. The van der Waals surface area contributed by atoms with Gasteiger partial charge in [0, 0.05) is 11.1 Å². The highest BCUT2D eigenvalue weighted by atomic mass is 35.5. The molecule has 1 aromatic heterocycles. The molecule has 0 amide bonds. The summed E-state index contributed by atoms with van der Waals surface area (Å²) in [5.41, 5.74) is 3.11. The van der Waals surface area contributed by atoms with Gasteiger partial charge in [-0.05, 0) is 18.2 Å². The minimum Gasteiger partial charge on any atom is -0.464 e. The molecule has 3 rings (SSSR count). The van der Waals surface area contributed by atoms with E-state index in [2.05, 4.69) is 10.2 Å². The number of aromatic nitrogens is 2. The van der Waals surface area contributed by atoms with Crippen LogP contribution in [0.15, 0.2) is 36.7 Å². The number of fused-ring (bicyclic) bond motifs is 3. The molecule has 1 aliphatic heterocycles. The summed E-state index contributed by atoms with van der Waals surface area (Å²) in [4.78, 5) is 0. The molecule has 0 aliphatic carbocycles. The maximum Gasteiger partial charge on any atom is 0.135 e. The third kappa shape index (κ3) is 1.51. The van der Waals surface area contributed by atoms with E-state index < -0.39 is 0 Å². The van der Waals surface area contributed by atoms with Crippen LogP contribution in [0.4, 0.5) is 0 Å². The van der Waals surface area contributed by atoms with Gasteiger partial charge in [-0.1, -0.05) is 12.1 Å². The summed E-state index contributed by atoms with van der Waals surface area (Å²) in [6.07, 6.45) is 5.37. The van der Waals surface area contributed by atoms with Crippen LogP contribution in [0.5, 0.6) is 5.75 Å². The quantitative estimate of drug-likeness (QED) is 0.742. The van der Waals surface area contributed by atoms with Gasteiger partial charge in [0.15, 0.2) is 0 Å². The Hall–Kier alpha value is -1.74. The highest BCUT2D eigenvalue weighted by molar-refractivity contribution is 5.85. The number of nitrogens with one attached hydrogen (secondary N) is 1. The van der Waals surface area contributed by atoms with Crippen LogP contribution in [-0.2, 0) is 0 Å². The molecule has 1 N–H and O–H groups in total. The smallest absolute Gasteiger partial charge is 0.135 e. The molecule has 2 heterocycles. The maximum atomic E-state index is 5.46.